The average molecular weight is 312 g/mol. The number of carboxylic acid groups (broad SMARTS) is 1. The van der Waals surface area contributed by atoms with Gasteiger partial charge < -0.3 is 20.4 Å². The minimum Gasteiger partial charge on any atom is -0.481 e. The van der Waals surface area contributed by atoms with E-state index in [2.05, 4.69) is 5.32 Å². The number of carboxylic acids is 1. The van der Waals surface area contributed by atoms with E-state index in [4.69, 9.17) is 0 Å². The van der Waals surface area contributed by atoms with Crippen molar-refractivity contribution in [2.75, 3.05) is 19.6 Å². The van der Waals surface area contributed by atoms with Gasteiger partial charge in [-0.3, -0.25) is 4.79 Å². The number of nitrogens with zero attached hydrogens (tertiary/aromatic N) is 1. The van der Waals surface area contributed by atoms with Crippen molar-refractivity contribution in [3.8, 4) is 0 Å². The van der Waals surface area contributed by atoms with Gasteiger partial charge in [0.1, 0.15) is 0 Å². The summed E-state index contributed by atoms with van der Waals surface area (Å²) >= 11 is 0. The van der Waals surface area contributed by atoms with Crippen LogP contribution in [0.15, 0.2) is 0 Å². The number of fused-ring (bicyclic) bond motifs is 1. The molecule has 2 aliphatic rings. The zero-order valence-electron chi connectivity index (χ0n) is 13.6. The van der Waals surface area contributed by atoms with Gasteiger partial charge in [0.25, 0.3) is 0 Å². The van der Waals surface area contributed by atoms with E-state index in [1.165, 1.54) is 0 Å². The Labute approximate surface area is 131 Å². The first-order chi connectivity index (χ1) is 10.4. The summed E-state index contributed by atoms with van der Waals surface area (Å²) in [4.78, 5) is 25.5. The lowest BCUT2D eigenvalue weighted by Gasteiger charge is -2.26. The molecule has 0 aromatic carbocycles. The van der Waals surface area contributed by atoms with Crippen LogP contribution in [0.4, 0.5) is 4.79 Å². The quantitative estimate of drug-likeness (QED) is 0.698. The van der Waals surface area contributed by atoms with Crippen LogP contribution in [0, 0.1) is 11.3 Å². The highest BCUT2D eigenvalue weighted by Gasteiger charge is 2.55. The number of aliphatic carboxylic acids is 1. The van der Waals surface area contributed by atoms with E-state index in [-0.39, 0.29) is 11.9 Å². The van der Waals surface area contributed by atoms with Crippen molar-refractivity contribution in [1.82, 2.24) is 10.2 Å². The molecule has 0 bridgehead atoms. The van der Waals surface area contributed by atoms with Crippen LogP contribution in [0.25, 0.3) is 0 Å². The summed E-state index contributed by atoms with van der Waals surface area (Å²) in [5.74, 6) is -0.685. The summed E-state index contributed by atoms with van der Waals surface area (Å²) in [6.45, 7) is 5.13. The third kappa shape index (κ3) is 3.07. The van der Waals surface area contributed by atoms with Crippen LogP contribution in [0.1, 0.15) is 52.4 Å². The van der Waals surface area contributed by atoms with Gasteiger partial charge in [0, 0.05) is 19.6 Å². The summed E-state index contributed by atoms with van der Waals surface area (Å²) < 4.78 is 0. The van der Waals surface area contributed by atoms with Crippen LogP contribution in [0.2, 0.25) is 0 Å². The Kier molecular flexibility index (Phi) is 5.00. The number of hydrogen-bond acceptors (Lipinski definition) is 3. The van der Waals surface area contributed by atoms with Gasteiger partial charge in [0.05, 0.1) is 11.0 Å². The van der Waals surface area contributed by atoms with Gasteiger partial charge in [-0.2, -0.15) is 0 Å². The highest BCUT2D eigenvalue weighted by atomic mass is 16.4. The fourth-order valence-corrected chi connectivity index (χ4v) is 3.91. The molecule has 3 N–H and O–H groups in total. The molecule has 1 heterocycles. The molecule has 6 nitrogen and oxygen atoms in total. The number of nitrogens with one attached hydrogen (secondary N) is 1. The number of aliphatic hydroxyl groups is 1. The Morgan fingerprint density at radius 3 is 2.59 bits per heavy atom. The Bertz CT molecular complexity index is 436. The van der Waals surface area contributed by atoms with Crippen LogP contribution in [-0.4, -0.2) is 52.3 Å². The number of carbonyl (C=O) groups excluding carboxylic acids is 1. The standard InChI is InChI=1S/C16H28N2O4/c1-3-15(22,4-2)8-9-17-14(21)18-10-12-6-5-7-16(12,11-18)13(19)20/h12,22H,3-11H2,1-2H3,(H,17,21)(H,19,20)/t12-,16+/m0/s1. The van der Waals surface area contributed by atoms with Gasteiger partial charge in [0.15, 0.2) is 0 Å². The van der Waals surface area contributed by atoms with Crippen molar-refractivity contribution in [2.45, 2.75) is 58.0 Å². The SMILES string of the molecule is CCC(O)(CC)CCNC(=O)N1C[C@@H]2CCC[C@@]2(C(=O)O)C1. The molecule has 2 amide bonds. The number of urea groups is 1. The Hall–Kier alpha value is -1.30. The van der Waals surface area contributed by atoms with E-state index in [1.54, 1.807) is 4.90 Å². The van der Waals surface area contributed by atoms with Gasteiger partial charge in [-0.25, -0.2) is 4.79 Å². The molecule has 2 rings (SSSR count). The van der Waals surface area contributed by atoms with Gasteiger partial charge in [-0.1, -0.05) is 20.3 Å². The summed E-state index contributed by atoms with van der Waals surface area (Å²) in [6, 6.07) is -0.204. The molecule has 2 atom stereocenters. The first kappa shape index (κ1) is 17.1. The first-order valence-electron chi connectivity index (χ1n) is 8.35. The predicted octanol–water partition coefficient (Wildman–Crippen LogP) is 1.82. The topological polar surface area (TPSA) is 89.9 Å². The van der Waals surface area contributed by atoms with E-state index in [9.17, 15) is 19.8 Å². The fraction of sp³-hybridized carbons (Fsp3) is 0.875. The van der Waals surface area contributed by atoms with Crippen LogP contribution < -0.4 is 5.32 Å². The van der Waals surface area contributed by atoms with E-state index in [0.717, 1.165) is 12.8 Å². The molecule has 1 aliphatic carbocycles. The largest absolute Gasteiger partial charge is 0.481 e. The number of likely N-dealkylation sites (tertiary alicyclic amines) is 1. The van der Waals surface area contributed by atoms with Gasteiger partial charge in [-0.05, 0) is 38.0 Å². The second-order valence-corrected chi connectivity index (χ2v) is 6.84. The van der Waals surface area contributed by atoms with Crippen molar-refractivity contribution < 1.29 is 19.8 Å². The molecular formula is C16H28N2O4. The van der Waals surface area contributed by atoms with Crippen LogP contribution in [0.5, 0.6) is 0 Å². The van der Waals surface area contributed by atoms with E-state index < -0.39 is 17.0 Å². The summed E-state index contributed by atoms with van der Waals surface area (Å²) in [6.07, 6.45) is 4.34. The highest BCUT2D eigenvalue weighted by Crippen LogP contribution is 2.48. The molecule has 1 saturated heterocycles. The smallest absolute Gasteiger partial charge is 0.317 e. The van der Waals surface area contributed by atoms with Crippen molar-refractivity contribution in [1.29, 1.82) is 0 Å². The minimum atomic E-state index is -0.767. The lowest BCUT2D eigenvalue weighted by atomic mass is 9.81. The zero-order chi connectivity index (χ0) is 16.4. The van der Waals surface area contributed by atoms with Crippen LogP contribution in [-0.2, 0) is 4.79 Å². The average Bonchev–Trinajstić information content (AvgIpc) is 3.04. The number of carbonyl (C=O) groups is 2. The van der Waals surface area contributed by atoms with E-state index in [1.807, 2.05) is 13.8 Å². The number of amides is 2. The molecule has 22 heavy (non-hydrogen) atoms. The third-order valence-electron chi connectivity index (χ3n) is 5.77. The summed E-state index contributed by atoms with van der Waals surface area (Å²) in [5, 5.41) is 22.6. The van der Waals surface area contributed by atoms with Crippen molar-refractivity contribution >= 4 is 12.0 Å². The minimum absolute atomic E-state index is 0.0824. The van der Waals surface area contributed by atoms with Crippen molar-refractivity contribution in [2.24, 2.45) is 11.3 Å². The van der Waals surface area contributed by atoms with Gasteiger partial charge in [0.2, 0.25) is 0 Å². The third-order valence-corrected chi connectivity index (χ3v) is 5.77. The second-order valence-electron chi connectivity index (χ2n) is 6.84. The molecule has 6 heteroatoms. The second kappa shape index (κ2) is 6.44. The zero-order valence-corrected chi connectivity index (χ0v) is 13.6. The number of rotatable bonds is 6. The molecule has 126 valence electrons. The molecule has 0 spiro atoms. The molecule has 0 radical (unpaired) electrons. The highest BCUT2D eigenvalue weighted by molar-refractivity contribution is 5.80. The monoisotopic (exact) mass is 312 g/mol. The fourth-order valence-electron chi connectivity index (χ4n) is 3.91. The first-order valence-corrected chi connectivity index (χ1v) is 8.35. The summed E-state index contributed by atoms with van der Waals surface area (Å²) in [7, 11) is 0. The van der Waals surface area contributed by atoms with Crippen molar-refractivity contribution in [3.05, 3.63) is 0 Å². The van der Waals surface area contributed by atoms with Crippen molar-refractivity contribution in [3.63, 3.8) is 0 Å². The maximum atomic E-state index is 12.2. The van der Waals surface area contributed by atoms with Crippen LogP contribution >= 0.6 is 0 Å². The van der Waals surface area contributed by atoms with E-state index in [0.29, 0.717) is 45.3 Å². The van der Waals surface area contributed by atoms with Gasteiger partial charge in [-0.15, -0.1) is 0 Å². The maximum Gasteiger partial charge on any atom is 0.317 e. The Balaban J connectivity index is 1.86. The molecule has 0 aromatic rings. The maximum absolute atomic E-state index is 12.2. The molecule has 0 unspecified atom stereocenters. The Morgan fingerprint density at radius 1 is 1.36 bits per heavy atom. The molecule has 1 aliphatic heterocycles. The summed E-state index contributed by atoms with van der Waals surface area (Å²) in [5.41, 5.74) is -1.46. The van der Waals surface area contributed by atoms with Crippen LogP contribution in [0.3, 0.4) is 0 Å². The molecular weight excluding hydrogens is 284 g/mol. The lowest BCUT2D eigenvalue weighted by molar-refractivity contribution is -0.149. The molecule has 0 aromatic heterocycles. The van der Waals surface area contributed by atoms with E-state index >= 15 is 0 Å². The van der Waals surface area contributed by atoms with Gasteiger partial charge >= 0.3 is 12.0 Å². The Morgan fingerprint density at radius 2 is 2.05 bits per heavy atom. The molecule has 2 fully saturated rings. The lowest BCUT2D eigenvalue weighted by Crippen LogP contribution is -2.43. The predicted molar refractivity (Wildman–Crippen MR) is 82.5 cm³/mol. The number of hydrogen-bond donors (Lipinski definition) is 3. The molecule has 1 saturated carbocycles. The normalized spacial score (nSPS) is 27.8.